The summed E-state index contributed by atoms with van der Waals surface area (Å²) in [6.45, 7) is -2.79. The van der Waals surface area contributed by atoms with Gasteiger partial charge in [-0.15, -0.1) is 6.07 Å². The summed E-state index contributed by atoms with van der Waals surface area (Å²) in [7, 11) is 0. The third-order valence-electron chi connectivity index (χ3n) is 12.1. The van der Waals surface area contributed by atoms with Crippen LogP contribution >= 0.6 is 0 Å². The van der Waals surface area contributed by atoms with Gasteiger partial charge >= 0.3 is 318 Å². The van der Waals surface area contributed by atoms with E-state index in [1.54, 1.807) is 6.07 Å². The average molecular weight is 995 g/mol. The van der Waals surface area contributed by atoms with Crippen LogP contribution in [0.1, 0.15) is 16.5 Å². The van der Waals surface area contributed by atoms with Gasteiger partial charge in [0.25, 0.3) is 0 Å². The van der Waals surface area contributed by atoms with E-state index >= 15 is 0 Å². The van der Waals surface area contributed by atoms with Crippen molar-refractivity contribution in [3.8, 4) is 67.5 Å². The molecule has 13 rings (SSSR count). The van der Waals surface area contributed by atoms with Crippen molar-refractivity contribution in [1.29, 1.82) is 0 Å². The van der Waals surface area contributed by atoms with E-state index in [-0.39, 0.29) is 23.7 Å². The zero-order chi connectivity index (χ0) is 48.6. The van der Waals surface area contributed by atoms with Crippen molar-refractivity contribution >= 4 is 46.4 Å². The molecule has 2 aromatic heterocycles. The number of benzene rings is 8. The number of aryl methyl sites for hydroxylation is 1. The summed E-state index contributed by atoms with van der Waals surface area (Å²) >= 11 is 2.22. The molecule has 0 atom stereocenters. The predicted octanol–water partition coefficient (Wildman–Crippen LogP) is 12.6. The Kier molecular flexibility index (Phi) is 6.45. The molecule has 0 radical (unpaired) electrons. The van der Waals surface area contributed by atoms with Gasteiger partial charge in [0.1, 0.15) is 0 Å². The number of imidazole rings is 1. The Labute approximate surface area is 387 Å². The third kappa shape index (κ3) is 5.43. The van der Waals surface area contributed by atoms with Gasteiger partial charge in [0.05, 0.1) is 0 Å². The van der Waals surface area contributed by atoms with Crippen LogP contribution in [0, 0.1) is 22.8 Å². The Hall–Kier alpha value is -7.47. The maximum atomic E-state index is 9.14. The van der Waals surface area contributed by atoms with Gasteiger partial charge in [0.15, 0.2) is 0 Å². The van der Waals surface area contributed by atoms with Crippen LogP contribution in [0.4, 0.5) is 22.9 Å². The molecule has 0 aliphatic carbocycles. The minimum atomic E-state index is -2.60. The Morgan fingerprint density at radius 1 is 0.635 bits per heavy atom. The number of fused-ring (bicyclic) bond motifs is 10. The summed E-state index contributed by atoms with van der Waals surface area (Å²) in [6.07, 6.45) is 0. The van der Waals surface area contributed by atoms with Crippen molar-refractivity contribution in [1.82, 2.24) is 14.1 Å². The van der Waals surface area contributed by atoms with Crippen molar-refractivity contribution < 1.29 is 35.1 Å². The molecule has 3 aliphatic rings. The number of pyridine rings is 1. The number of hydrogen-bond acceptors (Lipinski definition) is 4. The van der Waals surface area contributed by atoms with Crippen LogP contribution in [-0.2, 0) is 19.4 Å². The Morgan fingerprint density at radius 3 is 2.19 bits per heavy atom. The fourth-order valence-corrected chi connectivity index (χ4v) is 10.7. The molecular weight excluding hydrogens is 953 g/mol. The molecule has 0 saturated heterocycles. The third-order valence-corrected chi connectivity index (χ3v) is 13.1. The Bertz CT molecular complexity index is 3960. The van der Waals surface area contributed by atoms with E-state index in [1.807, 2.05) is 100 Å². The normalized spacial score (nSPS) is 14.9. The molecule has 6 nitrogen and oxygen atoms in total. The molecule has 0 fully saturated rings. The SMILES string of the molecule is [2H]c1c([2H])c([2H])c(-c2cc(C([2H])([2H])[2H])cc(-c3ccccc3)c2-n2[c](=[Pt])n(-c3[c-]c(Oc4ccc5c(n4)N4B6c7c(cccc7-5)-c5ccccc5N6c5ccc[c-]c54)ccc3)c3ccccc32)c([2H])c1[2H]. The fraction of sp³-hybridized carbons (Fsp3) is 0.0182. The zero-order valence-corrected chi connectivity index (χ0v) is 35.3. The Morgan fingerprint density at radius 2 is 1.35 bits per heavy atom. The van der Waals surface area contributed by atoms with E-state index in [0.29, 0.717) is 43.5 Å². The second kappa shape index (κ2) is 14.0. The van der Waals surface area contributed by atoms with E-state index in [2.05, 4.69) is 95.7 Å². The standard InChI is InChI=1S/C55H34BN5O.Pt/c1-36-32-45(37-16-4-2-5-17-37)54(46(33-36)38-18-6-3-7-19-38)59-35-58(48-26-10-11-27-49(48)59)39-20-14-21-40(34-39)62-52-31-30-44-43-24-15-23-42-41-22-8-9-25-47(41)60-50-28-12-13-29-51(50)61(55(44)57-52)56(60)53(42)43;/h2-28,30-33H,1H3;/q-2;/i1D3,2D,4D,5D,16D,17D;. The van der Waals surface area contributed by atoms with E-state index in [4.69, 9.17) is 20.7 Å². The van der Waals surface area contributed by atoms with Gasteiger partial charge in [0, 0.05) is 11.3 Å². The average Bonchev–Trinajstić information content (AvgIpc) is 3.90. The zero-order valence-electron chi connectivity index (χ0n) is 41.0. The molecule has 0 bridgehead atoms. The number of nitrogens with zero attached hydrogens (tertiary/aromatic N) is 5. The number of para-hydroxylation sites is 4. The molecule has 10 aromatic rings. The van der Waals surface area contributed by atoms with Gasteiger partial charge in [0.2, 0.25) is 0 Å². The first kappa shape index (κ1) is 28.9. The van der Waals surface area contributed by atoms with Crippen LogP contribution in [0.15, 0.2) is 188 Å². The van der Waals surface area contributed by atoms with E-state index in [1.165, 1.54) is 22.7 Å². The first-order chi connectivity index (χ1) is 34.4. The number of ether oxygens (including phenoxy) is 1. The molecular formula is C55H34BN5OPt-2. The predicted molar refractivity (Wildman–Crippen MR) is 250 cm³/mol. The monoisotopic (exact) mass is 994 g/mol. The molecule has 300 valence electrons. The minimum absolute atomic E-state index is 0.0437. The van der Waals surface area contributed by atoms with Gasteiger partial charge in [-0.3, -0.25) is 0 Å². The molecule has 5 heterocycles. The quantitative estimate of drug-likeness (QED) is 0.123. The summed E-state index contributed by atoms with van der Waals surface area (Å²) in [5.41, 5.74) is 12.4. The van der Waals surface area contributed by atoms with Crippen molar-refractivity contribution in [3.05, 3.63) is 209 Å². The second-order valence-corrected chi connectivity index (χ2v) is 16.5. The number of hydrogen-bond donors (Lipinski definition) is 0. The summed E-state index contributed by atoms with van der Waals surface area (Å²) in [5.74, 6) is 1.53. The van der Waals surface area contributed by atoms with Gasteiger partial charge in [-0.05, 0) is 11.6 Å². The first-order valence-corrected chi connectivity index (χ1v) is 21.6. The van der Waals surface area contributed by atoms with Crippen molar-refractivity contribution in [2.75, 3.05) is 9.62 Å². The first-order valence-electron chi connectivity index (χ1n) is 24.4. The van der Waals surface area contributed by atoms with Gasteiger partial charge in [-0.25, -0.2) is 0 Å². The van der Waals surface area contributed by atoms with Crippen LogP contribution in [0.25, 0.3) is 66.9 Å². The van der Waals surface area contributed by atoms with Gasteiger partial charge in [-0.1, -0.05) is 30.3 Å². The van der Waals surface area contributed by atoms with Crippen LogP contribution in [-0.4, -0.2) is 21.1 Å². The summed E-state index contributed by atoms with van der Waals surface area (Å²) in [5, 5.41) is 0. The van der Waals surface area contributed by atoms with Crippen molar-refractivity contribution in [2.45, 2.75) is 6.85 Å². The molecule has 8 aromatic carbocycles. The number of rotatable bonds is 6. The molecule has 0 amide bonds. The molecule has 0 N–H and O–H groups in total. The molecule has 63 heavy (non-hydrogen) atoms. The van der Waals surface area contributed by atoms with Crippen LogP contribution in [0.5, 0.6) is 11.6 Å². The van der Waals surface area contributed by atoms with E-state index in [0.717, 1.165) is 39.5 Å². The van der Waals surface area contributed by atoms with Gasteiger partial charge in [-0.2, -0.15) is 12.1 Å². The number of anilines is 4. The van der Waals surface area contributed by atoms with Crippen LogP contribution in [0.3, 0.4) is 0 Å². The van der Waals surface area contributed by atoms with Gasteiger partial charge < -0.3 is 0 Å². The molecule has 0 unspecified atom stereocenters. The van der Waals surface area contributed by atoms with E-state index < -0.39 is 37.1 Å². The molecule has 8 heteroatoms. The number of aromatic nitrogens is 3. The maximum absolute atomic E-state index is 9.14. The van der Waals surface area contributed by atoms with Crippen LogP contribution in [0.2, 0.25) is 0 Å². The molecule has 3 aliphatic heterocycles. The topological polar surface area (TPSA) is 38.5 Å². The second-order valence-electron chi connectivity index (χ2n) is 15.5. The van der Waals surface area contributed by atoms with Crippen LogP contribution < -0.4 is 19.8 Å². The van der Waals surface area contributed by atoms with Crippen molar-refractivity contribution in [3.63, 3.8) is 0 Å². The summed E-state index contributed by atoms with van der Waals surface area (Å²) in [6, 6.07) is 55.3. The molecule has 0 saturated carbocycles. The van der Waals surface area contributed by atoms with E-state index in [9.17, 15) is 0 Å². The Balaban J connectivity index is 0.973. The molecule has 0 spiro atoms. The summed E-state index contributed by atoms with van der Waals surface area (Å²) in [4.78, 5) is 9.90. The fourth-order valence-electron chi connectivity index (χ4n) is 9.60. The van der Waals surface area contributed by atoms with Crippen molar-refractivity contribution in [2.24, 2.45) is 0 Å². The summed E-state index contributed by atoms with van der Waals surface area (Å²) < 4.78 is 80.9.